The Morgan fingerprint density at radius 3 is 2.31 bits per heavy atom. The number of nitrogens with one attached hydrogen (secondary N) is 1. The molecule has 1 rings (SSSR count). The SMILES string of the molecule is CC(C)(Cc1ccccc1)C(=N)N. The van der Waals surface area contributed by atoms with Gasteiger partial charge in [-0.2, -0.15) is 0 Å². The van der Waals surface area contributed by atoms with Crippen LogP contribution in [0.4, 0.5) is 0 Å². The molecule has 0 heterocycles. The van der Waals surface area contributed by atoms with Crippen molar-refractivity contribution < 1.29 is 0 Å². The van der Waals surface area contributed by atoms with E-state index in [1.165, 1.54) is 5.56 Å². The molecule has 0 bridgehead atoms. The number of nitrogens with two attached hydrogens (primary N) is 1. The largest absolute Gasteiger partial charge is 0.387 e. The van der Waals surface area contributed by atoms with E-state index in [-0.39, 0.29) is 11.3 Å². The van der Waals surface area contributed by atoms with E-state index in [2.05, 4.69) is 12.1 Å². The molecule has 0 amide bonds. The minimum Gasteiger partial charge on any atom is -0.387 e. The summed E-state index contributed by atoms with van der Waals surface area (Å²) < 4.78 is 0. The van der Waals surface area contributed by atoms with Gasteiger partial charge in [0, 0.05) is 5.41 Å². The molecule has 0 radical (unpaired) electrons. The molecular formula is C11H16N2. The maximum Gasteiger partial charge on any atom is 0.0966 e. The smallest absolute Gasteiger partial charge is 0.0966 e. The summed E-state index contributed by atoms with van der Waals surface area (Å²) in [5, 5.41) is 7.42. The molecule has 3 N–H and O–H groups in total. The van der Waals surface area contributed by atoms with E-state index in [1.54, 1.807) is 0 Å². The molecule has 0 aliphatic heterocycles. The highest BCUT2D eigenvalue weighted by atomic mass is 14.7. The monoisotopic (exact) mass is 176 g/mol. The lowest BCUT2D eigenvalue weighted by atomic mass is 9.85. The fourth-order valence-electron chi connectivity index (χ4n) is 1.20. The Hall–Kier alpha value is -1.31. The van der Waals surface area contributed by atoms with Crippen LogP contribution in [0, 0.1) is 10.8 Å². The van der Waals surface area contributed by atoms with E-state index < -0.39 is 0 Å². The number of hydrogen-bond acceptors (Lipinski definition) is 1. The fraction of sp³-hybridized carbons (Fsp3) is 0.364. The highest BCUT2D eigenvalue weighted by Crippen LogP contribution is 2.20. The van der Waals surface area contributed by atoms with E-state index in [0.29, 0.717) is 0 Å². The van der Waals surface area contributed by atoms with Gasteiger partial charge in [0.25, 0.3) is 0 Å². The standard InChI is InChI=1S/C11H16N2/c1-11(2,10(12)13)8-9-6-4-3-5-7-9/h3-7H,8H2,1-2H3,(H3,12,13). The predicted octanol–water partition coefficient (Wildman–Crippen LogP) is 2.19. The first kappa shape index (κ1) is 9.78. The molecule has 0 aliphatic rings. The third-order valence-corrected chi connectivity index (χ3v) is 2.22. The van der Waals surface area contributed by atoms with Crippen LogP contribution >= 0.6 is 0 Å². The van der Waals surface area contributed by atoms with Crippen molar-refractivity contribution in [2.45, 2.75) is 20.3 Å². The highest BCUT2D eigenvalue weighted by molar-refractivity contribution is 5.83. The van der Waals surface area contributed by atoms with E-state index in [0.717, 1.165) is 6.42 Å². The van der Waals surface area contributed by atoms with Gasteiger partial charge in [0.2, 0.25) is 0 Å². The average molecular weight is 176 g/mol. The van der Waals surface area contributed by atoms with Crippen LogP contribution in [0.5, 0.6) is 0 Å². The van der Waals surface area contributed by atoms with Gasteiger partial charge in [-0.05, 0) is 12.0 Å². The fourth-order valence-corrected chi connectivity index (χ4v) is 1.20. The second-order valence-corrected chi connectivity index (χ2v) is 3.96. The van der Waals surface area contributed by atoms with Crippen LogP contribution in [0.15, 0.2) is 30.3 Å². The van der Waals surface area contributed by atoms with E-state index in [1.807, 2.05) is 32.0 Å². The van der Waals surface area contributed by atoms with Crippen molar-refractivity contribution in [1.82, 2.24) is 0 Å². The van der Waals surface area contributed by atoms with Crippen molar-refractivity contribution in [3.63, 3.8) is 0 Å². The van der Waals surface area contributed by atoms with Gasteiger partial charge in [-0.25, -0.2) is 0 Å². The van der Waals surface area contributed by atoms with Crippen molar-refractivity contribution in [1.29, 1.82) is 5.41 Å². The lowest BCUT2D eigenvalue weighted by Gasteiger charge is -2.22. The summed E-state index contributed by atoms with van der Waals surface area (Å²) >= 11 is 0. The number of amidine groups is 1. The van der Waals surface area contributed by atoms with Crippen LogP contribution in [0.2, 0.25) is 0 Å². The van der Waals surface area contributed by atoms with Crippen LogP contribution in [0.1, 0.15) is 19.4 Å². The van der Waals surface area contributed by atoms with Crippen LogP contribution in [-0.4, -0.2) is 5.84 Å². The summed E-state index contributed by atoms with van der Waals surface area (Å²) in [7, 11) is 0. The van der Waals surface area contributed by atoms with Gasteiger partial charge in [-0.1, -0.05) is 44.2 Å². The summed E-state index contributed by atoms with van der Waals surface area (Å²) in [5.41, 5.74) is 6.49. The Bertz CT molecular complexity index is 288. The lowest BCUT2D eigenvalue weighted by molar-refractivity contribution is 0.512. The third kappa shape index (κ3) is 2.58. The normalized spacial score (nSPS) is 11.2. The van der Waals surface area contributed by atoms with Crippen molar-refractivity contribution in [3.05, 3.63) is 35.9 Å². The summed E-state index contributed by atoms with van der Waals surface area (Å²) in [4.78, 5) is 0. The molecule has 0 unspecified atom stereocenters. The van der Waals surface area contributed by atoms with Gasteiger partial charge in [-0.3, -0.25) is 5.41 Å². The van der Waals surface area contributed by atoms with Crippen molar-refractivity contribution in [2.75, 3.05) is 0 Å². The molecule has 1 aromatic rings. The molecule has 13 heavy (non-hydrogen) atoms. The topological polar surface area (TPSA) is 49.9 Å². The van der Waals surface area contributed by atoms with Crippen LogP contribution in [0.3, 0.4) is 0 Å². The molecule has 0 spiro atoms. The van der Waals surface area contributed by atoms with E-state index >= 15 is 0 Å². The predicted molar refractivity (Wildman–Crippen MR) is 55.8 cm³/mol. The number of benzene rings is 1. The molecule has 1 aromatic carbocycles. The molecule has 0 saturated heterocycles. The number of hydrogen-bond donors (Lipinski definition) is 2. The van der Waals surface area contributed by atoms with Crippen molar-refractivity contribution >= 4 is 5.84 Å². The van der Waals surface area contributed by atoms with Crippen molar-refractivity contribution in [2.24, 2.45) is 11.1 Å². The van der Waals surface area contributed by atoms with Gasteiger partial charge in [0.1, 0.15) is 0 Å². The molecule has 0 aromatic heterocycles. The van der Waals surface area contributed by atoms with E-state index in [4.69, 9.17) is 11.1 Å². The maximum absolute atomic E-state index is 7.42. The first-order valence-electron chi connectivity index (χ1n) is 4.41. The summed E-state index contributed by atoms with van der Waals surface area (Å²) in [5.74, 6) is 0.247. The van der Waals surface area contributed by atoms with Gasteiger partial charge >= 0.3 is 0 Å². The Kier molecular flexibility index (Phi) is 2.71. The quantitative estimate of drug-likeness (QED) is 0.538. The van der Waals surface area contributed by atoms with Gasteiger partial charge < -0.3 is 5.73 Å². The zero-order valence-corrected chi connectivity index (χ0v) is 8.17. The lowest BCUT2D eigenvalue weighted by Crippen LogP contribution is -2.32. The Balaban J connectivity index is 2.75. The molecule has 2 nitrogen and oxygen atoms in total. The summed E-state index contributed by atoms with van der Waals surface area (Å²) in [6, 6.07) is 10.1. The highest BCUT2D eigenvalue weighted by Gasteiger charge is 2.21. The first-order chi connectivity index (χ1) is 6.02. The van der Waals surface area contributed by atoms with Crippen LogP contribution in [0.25, 0.3) is 0 Å². The second-order valence-electron chi connectivity index (χ2n) is 3.96. The van der Waals surface area contributed by atoms with Gasteiger partial charge in [0.15, 0.2) is 0 Å². The van der Waals surface area contributed by atoms with Crippen LogP contribution < -0.4 is 5.73 Å². The molecular weight excluding hydrogens is 160 g/mol. The first-order valence-corrected chi connectivity index (χ1v) is 4.41. The second kappa shape index (κ2) is 3.60. The Morgan fingerprint density at radius 2 is 1.85 bits per heavy atom. The molecule has 0 aliphatic carbocycles. The third-order valence-electron chi connectivity index (χ3n) is 2.22. The van der Waals surface area contributed by atoms with Gasteiger partial charge in [-0.15, -0.1) is 0 Å². The number of rotatable bonds is 3. The maximum atomic E-state index is 7.42. The molecule has 0 fully saturated rings. The van der Waals surface area contributed by atoms with Gasteiger partial charge in [0.05, 0.1) is 5.84 Å². The molecule has 0 atom stereocenters. The molecule has 70 valence electrons. The van der Waals surface area contributed by atoms with Crippen molar-refractivity contribution in [3.8, 4) is 0 Å². The minimum absolute atomic E-state index is 0.235. The Morgan fingerprint density at radius 1 is 1.31 bits per heavy atom. The molecule has 2 heteroatoms. The zero-order valence-electron chi connectivity index (χ0n) is 8.17. The van der Waals surface area contributed by atoms with E-state index in [9.17, 15) is 0 Å². The van der Waals surface area contributed by atoms with Crippen LogP contribution in [-0.2, 0) is 6.42 Å². The average Bonchev–Trinajstić information content (AvgIpc) is 2.05. The summed E-state index contributed by atoms with van der Waals surface area (Å²) in [6.07, 6.45) is 0.823. The molecule has 0 saturated carbocycles. The summed E-state index contributed by atoms with van der Waals surface area (Å²) in [6.45, 7) is 3.98. The zero-order chi connectivity index (χ0) is 9.90. The minimum atomic E-state index is -0.235. The Labute approximate surface area is 79.3 Å².